The van der Waals surface area contributed by atoms with Gasteiger partial charge in [0.2, 0.25) is 0 Å². The monoisotopic (exact) mass is 354 g/mol. The number of ether oxygens (including phenoxy) is 1. The summed E-state index contributed by atoms with van der Waals surface area (Å²) in [6.07, 6.45) is 2.38. The molecule has 1 amide bonds. The van der Waals surface area contributed by atoms with Crippen LogP contribution in [0.5, 0.6) is 0 Å². The Kier molecular flexibility index (Phi) is 6.21. The lowest BCUT2D eigenvalue weighted by molar-refractivity contribution is -0.155. The fourth-order valence-electron chi connectivity index (χ4n) is 3.10. The molecule has 1 heterocycles. The normalized spacial score (nSPS) is 25.1. The number of nitrogens with one attached hydrogen (secondary N) is 1. The minimum absolute atomic E-state index is 0.129. The van der Waals surface area contributed by atoms with Gasteiger partial charge in [-0.25, -0.2) is 0 Å². The fraction of sp³-hybridized carbons (Fsp3) is 0.706. The van der Waals surface area contributed by atoms with Crippen LogP contribution < -0.4 is 10.2 Å². The molecule has 1 aliphatic carbocycles. The van der Waals surface area contributed by atoms with E-state index in [1.165, 1.54) is 11.0 Å². The Bertz CT molecular complexity index is 651. The second kappa shape index (κ2) is 7.96. The third kappa shape index (κ3) is 4.47. The van der Waals surface area contributed by atoms with Gasteiger partial charge in [-0.2, -0.15) is 0 Å². The average Bonchev–Trinajstić information content (AvgIpc) is 2.83. The van der Waals surface area contributed by atoms with E-state index in [1.807, 2.05) is 0 Å². The van der Waals surface area contributed by atoms with Crippen molar-refractivity contribution in [2.75, 3.05) is 0 Å². The zero-order valence-corrected chi connectivity index (χ0v) is 15.5. The maximum absolute atomic E-state index is 12.3. The van der Waals surface area contributed by atoms with E-state index in [1.54, 1.807) is 19.2 Å². The summed E-state index contributed by atoms with van der Waals surface area (Å²) in [5.41, 5.74) is 0.712. The highest BCUT2D eigenvalue weighted by Crippen LogP contribution is 2.29. The number of aryl methyl sites for hydroxylation is 1. The molecule has 6 nitrogen and oxygen atoms in total. The molecule has 0 spiro atoms. The minimum atomic E-state index is -0.864. The van der Waals surface area contributed by atoms with Gasteiger partial charge in [0.15, 0.2) is 6.10 Å². The lowest BCUT2D eigenvalue weighted by Gasteiger charge is -2.35. The van der Waals surface area contributed by atoms with E-state index in [0.717, 1.165) is 24.2 Å². The van der Waals surface area contributed by atoms with Gasteiger partial charge in [0.25, 0.3) is 5.91 Å². The van der Waals surface area contributed by atoms with Crippen LogP contribution in [-0.4, -0.2) is 28.6 Å². The van der Waals surface area contributed by atoms with Gasteiger partial charge in [-0.15, -0.1) is 0 Å². The summed E-state index contributed by atoms with van der Waals surface area (Å²) in [6, 6.07) is 0.129. The number of esters is 1. The van der Waals surface area contributed by atoms with Gasteiger partial charge in [0, 0.05) is 17.1 Å². The van der Waals surface area contributed by atoms with Crippen molar-refractivity contribution in [2.45, 2.75) is 65.6 Å². The molecule has 0 aliphatic heterocycles. The number of hydrogen-bond donors (Lipinski definition) is 1. The molecular weight excluding hydrogens is 328 g/mol. The molecule has 24 heavy (non-hydrogen) atoms. The first kappa shape index (κ1) is 18.7. The number of carbonyl (C=O) groups excluding carboxylic acids is 2. The first-order valence-corrected chi connectivity index (χ1v) is 9.32. The molecule has 1 aromatic heterocycles. The van der Waals surface area contributed by atoms with Crippen molar-refractivity contribution in [1.29, 1.82) is 0 Å². The lowest BCUT2D eigenvalue weighted by Crippen LogP contribution is -2.47. The summed E-state index contributed by atoms with van der Waals surface area (Å²) < 4.78 is 6.54. The molecule has 0 unspecified atom stereocenters. The molecule has 0 bridgehead atoms. The number of carbonyl (C=O) groups is 2. The van der Waals surface area contributed by atoms with Crippen LogP contribution in [0.1, 0.15) is 45.7 Å². The van der Waals surface area contributed by atoms with Gasteiger partial charge in [-0.05, 0) is 32.1 Å². The fourth-order valence-corrected chi connectivity index (χ4v) is 3.83. The zero-order valence-electron chi connectivity index (χ0n) is 14.7. The summed E-state index contributed by atoms with van der Waals surface area (Å²) in [5, 5.41) is 4.70. The predicted molar refractivity (Wildman–Crippen MR) is 93.0 cm³/mol. The third-order valence-corrected chi connectivity index (χ3v) is 5.86. The van der Waals surface area contributed by atoms with Gasteiger partial charge < -0.3 is 10.1 Å². The Hall–Kier alpha value is -1.63. The molecule has 1 aromatic rings. The molecule has 1 saturated carbocycles. The van der Waals surface area contributed by atoms with Gasteiger partial charge in [-0.1, -0.05) is 38.0 Å². The first-order chi connectivity index (χ1) is 11.3. The minimum Gasteiger partial charge on any atom is -0.451 e. The number of nitrogens with zero attached hydrogens (tertiary/aromatic N) is 1. The van der Waals surface area contributed by atoms with E-state index >= 15 is 0 Å². The molecule has 0 radical (unpaired) electrons. The summed E-state index contributed by atoms with van der Waals surface area (Å²) in [6.45, 7) is 7.51. The van der Waals surface area contributed by atoms with E-state index in [4.69, 9.17) is 4.74 Å². The Morgan fingerprint density at radius 1 is 1.42 bits per heavy atom. The van der Waals surface area contributed by atoms with Crippen LogP contribution in [0.15, 0.2) is 10.2 Å². The molecule has 1 aliphatic rings. The second-order valence-corrected chi connectivity index (χ2v) is 7.56. The first-order valence-electron chi connectivity index (χ1n) is 8.44. The highest BCUT2D eigenvalue weighted by Gasteiger charge is 2.30. The van der Waals surface area contributed by atoms with E-state index in [0.29, 0.717) is 17.5 Å². The summed E-state index contributed by atoms with van der Waals surface area (Å²) in [7, 11) is 0. The Labute approximate surface area is 146 Å². The SMILES string of the molecule is Cc1csc(=O)n1CC(=O)O[C@H](C)C(=O)N[C@@H]1CCC[C@H](C)[C@@H]1C. The van der Waals surface area contributed by atoms with Crippen LogP contribution in [0, 0.1) is 18.8 Å². The van der Waals surface area contributed by atoms with Gasteiger partial charge >= 0.3 is 10.8 Å². The lowest BCUT2D eigenvalue weighted by atomic mass is 9.78. The maximum atomic E-state index is 12.3. The smallest absolute Gasteiger partial charge is 0.326 e. The Morgan fingerprint density at radius 2 is 2.12 bits per heavy atom. The zero-order chi connectivity index (χ0) is 17.9. The van der Waals surface area contributed by atoms with Crippen molar-refractivity contribution in [2.24, 2.45) is 11.8 Å². The van der Waals surface area contributed by atoms with Crippen LogP contribution in [0.2, 0.25) is 0 Å². The van der Waals surface area contributed by atoms with Crippen molar-refractivity contribution in [3.8, 4) is 0 Å². The Morgan fingerprint density at radius 3 is 2.75 bits per heavy atom. The van der Waals surface area contributed by atoms with E-state index in [2.05, 4.69) is 19.2 Å². The largest absolute Gasteiger partial charge is 0.451 e. The van der Waals surface area contributed by atoms with Crippen molar-refractivity contribution in [3.05, 3.63) is 20.7 Å². The quantitative estimate of drug-likeness (QED) is 0.822. The van der Waals surface area contributed by atoms with Gasteiger partial charge in [-0.3, -0.25) is 19.0 Å². The third-order valence-electron chi connectivity index (χ3n) is 4.98. The van der Waals surface area contributed by atoms with Crippen LogP contribution >= 0.6 is 11.3 Å². The van der Waals surface area contributed by atoms with Crippen molar-refractivity contribution in [3.63, 3.8) is 0 Å². The molecule has 0 aromatic carbocycles. The number of amides is 1. The number of aromatic nitrogens is 1. The molecule has 7 heteroatoms. The summed E-state index contributed by atoms with van der Waals surface area (Å²) >= 11 is 1.04. The number of rotatable bonds is 5. The summed E-state index contributed by atoms with van der Waals surface area (Å²) in [4.78, 5) is 35.7. The highest BCUT2D eigenvalue weighted by molar-refractivity contribution is 7.07. The Balaban J connectivity index is 1.87. The van der Waals surface area contributed by atoms with E-state index in [9.17, 15) is 14.4 Å². The molecule has 1 N–H and O–H groups in total. The van der Waals surface area contributed by atoms with Crippen molar-refractivity contribution < 1.29 is 14.3 Å². The van der Waals surface area contributed by atoms with Crippen molar-refractivity contribution >= 4 is 23.2 Å². The van der Waals surface area contributed by atoms with Crippen LogP contribution in [0.3, 0.4) is 0 Å². The highest BCUT2D eigenvalue weighted by atomic mass is 32.1. The van der Waals surface area contributed by atoms with Crippen molar-refractivity contribution in [1.82, 2.24) is 9.88 Å². The molecule has 134 valence electrons. The van der Waals surface area contributed by atoms with Gasteiger partial charge in [0.1, 0.15) is 6.54 Å². The summed E-state index contributed by atoms with van der Waals surface area (Å²) in [5.74, 6) is 0.142. The predicted octanol–water partition coefficient (Wildman–Crippen LogP) is 2.09. The van der Waals surface area contributed by atoms with E-state index < -0.39 is 12.1 Å². The molecule has 0 saturated heterocycles. The molecular formula is C17H26N2O4S. The van der Waals surface area contributed by atoms with Crippen LogP contribution in [0.4, 0.5) is 0 Å². The topological polar surface area (TPSA) is 77.4 Å². The van der Waals surface area contributed by atoms with Gasteiger partial charge in [0.05, 0.1) is 0 Å². The number of thiazole rings is 1. The van der Waals surface area contributed by atoms with Crippen LogP contribution in [0.25, 0.3) is 0 Å². The van der Waals surface area contributed by atoms with E-state index in [-0.39, 0.29) is 23.4 Å². The van der Waals surface area contributed by atoms with Crippen LogP contribution in [-0.2, 0) is 20.9 Å². The second-order valence-electron chi connectivity index (χ2n) is 6.74. The molecule has 4 atom stereocenters. The molecule has 1 fully saturated rings. The standard InChI is InChI=1S/C17H26N2O4S/c1-10-6-5-7-14(12(10)3)18-16(21)13(4)23-15(20)8-19-11(2)9-24-17(19)22/h9-10,12-14H,5-8H2,1-4H3,(H,18,21)/t10-,12-,13+,14+/m0/s1. The average molecular weight is 354 g/mol. The maximum Gasteiger partial charge on any atom is 0.326 e. The number of hydrogen-bond acceptors (Lipinski definition) is 5. The molecule has 2 rings (SSSR count).